The van der Waals surface area contributed by atoms with E-state index in [-0.39, 0.29) is 0 Å². The van der Waals surface area contributed by atoms with E-state index in [4.69, 9.17) is 10.5 Å². The zero-order valence-electron chi connectivity index (χ0n) is 11.8. The average Bonchev–Trinajstić information content (AvgIpc) is 2.96. The first-order valence-corrected chi connectivity index (χ1v) is 6.48. The highest BCUT2D eigenvalue weighted by Crippen LogP contribution is 2.31. The molecule has 0 bridgehead atoms. The molecular formula is C15H15N5O. The third kappa shape index (κ3) is 2.43. The van der Waals surface area contributed by atoms with Gasteiger partial charge >= 0.3 is 0 Å². The first-order valence-electron chi connectivity index (χ1n) is 6.48. The molecule has 1 heterocycles. The van der Waals surface area contributed by atoms with E-state index in [0.717, 1.165) is 16.8 Å². The summed E-state index contributed by atoms with van der Waals surface area (Å²) < 4.78 is 7.06. The van der Waals surface area contributed by atoms with Crippen LogP contribution < -0.4 is 10.5 Å². The van der Waals surface area contributed by atoms with Crippen molar-refractivity contribution < 1.29 is 4.74 Å². The molecule has 0 saturated carbocycles. The lowest BCUT2D eigenvalue weighted by atomic mass is 10.1. The Hall–Kier alpha value is -2.89. The van der Waals surface area contributed by atoms with Crippen LogP contribution in [0.2, 0.25) is 0 Å². The highest BCUT2D eigenvalue weighted by atomic mass is 16.5. The highest BCUT2D eigenvalue weighted by Gasteiger charge is 2.15. The standard InChI is InChI=1S/C15H15N5O/c1-10-4-3-5-12(8-10)20-15(17-18-19-20)13-7-6-11(16)9-14(13)21-2/h3-9H,16H2,1-2H3. The second-order valence-corrected chi connectivity index (χ2v) is 4.71. The van der Waals surface area contributed by atoms with Gasteiger partial charge in [0.05, 0.1) is 18.4 Å². The zero-order valence-corrected chi connectivity index (χ0v) is 11.8. The van der Waals surface area contributed by atoms with E-state index >= 15 is 0 Å². The maximum atomic E-state index is 5.79. The Balaban J connectivity index is 2.16. The molecule has 0 aliphatic carbocycles. The summed E-state index contributed by atoms with van der Waals surface area (Å²) in [6.45, 7) is 2.03. The second kappa shape index (κ2) is 5.24. The smallest absolute Gasteiger partial charge is 0.190 e. The van der Waals surface area contributed by atoms with E-state index in [9.17, 15) is 0 Å². The van der Waals surface area contributed by atoms with Crippen LogP contribution in [-0.2, 0) is 0 Å². The minimum atomic E-state index is 0.609. The number of aryl methyl sites for hydroxylation is 1. The number of aromatic nitrogens is 4. The second-order valence-electron chi connectivity index (χ2n) is 4.71. The molecule has 0 fully saturated rings. The Kier molecular flexibility index (Phi) is 3.27. The van der Waals surface area contributed by atoms with Gasteiger partial charge in [0, 0.05) is 11.8 Å². The number of hydrogen-bond donors (Lipinski definition) is 1. The van der Waals surface area contributed by atoms with Gasteiger partial charge in [-0.25, -0.2) is 0 Å². The van der Waals surface area contributed by atoms with Crippen molar-refractivity contribution >= 4 is 5.69 Å². The van der Waals surface area contributed by atoms with E-state index in [1.54, 1.807) is 23.9 Å². The van der Waals surface area contributed by atoms with Gasteiger partial charge in [-0.15, -0.1) is 5.10 Å². The van der Waals surface area contributed by atoms with Gasteiger partial charge in [0.25, 0.3) is 0 Å². The fourth-order valence-electron chi connectivity index (χ4n) is 2.18. The average molecular weight is 281 g/mol. The predicted octanol–water partition coefficient (Wildman–Crippen LogP) is 2.23. The van der Waals surface area contributed by atoms with Crippen molar-refractivity contribution in [3.63, 3.8) is 0 Å². The summed E-state index contributed by atoms with van der Waals surface area (Å²) in [5.41, 5.74) is 9.24. The van der Waals surface area contributed by atoms with Crippen molar-refractivity contribution in [3.05, 3.63) is 48.0 Å². The molecule has 1 aromatic heterocycles. The van der Waals surface area contributed by atoms with E-state index in [0.29, 0.717) is 17.3 Å². The summed E-state index contributed by atoms with van der Waals surface area (Å²) in [5, 5.41) is 12.0. The number of nitrogens with zero attached hydrogens (tertiary/aromatic N) is 4. The van der Waals surface area contributed by atoms with E-state index in [2.05, 4.69) is 15.5 Å². The largest absolute Gasteiger partial charge is 0.496 e. The lowest BCUT2D eigenvalue weighted by molar-refractivity contribution is 0.416. The van der Waals surface area contributed by atoms with Crippen LogP contribution in [0.25, 0.3) is 17.1 Å². The Morgan fingerprint density at radius 1 is 1.14 bits per heavy atom. The number of anilines is 1. The third-order valence-electron chi connectivity index (χ3n) is 3.18. The third-order valence-corrected chi connectivity index (χ3v) is 3.18. The van der Waals surface area contributed by atoms with Crippen molar-refractivity contribution in [2.75, 3.05) is 12.8 Å². The number of hydrogen-bond acceptors (Lipinski definition) is 5. The maximum Gasteiger partial charge on any atom is 0.190 e. The van der Waals surface area contributed by atoms with Gasteiger partial charge in [-0.1, -0.05) is 12.1 Å². The molecule has 0 radical (unpaired) electrons. The van der Waals surface area contributed by atoms with Crippen LogP contribution >= 0.6 is 0 Å². The van der Waals surface area contributed by atoms with E-state index in [1.807, 2.05) is 37.3 Å². The maximum absolute atomic E-state index is 5.79. The molecule has 0 saturated heterocycles. The lowest BCUT2D eigenvalue weighted by Gasteiger charge is -2.10. The number of benzene rings is 2. The van der Waals surface area contributed by atoms with Gasteiger partial charge in [0.2, 0.25) is 0 Å². The Labute approximate surface area is 122 Å². The van der Waals surface area contributed by atoms with Gasteiger partial charge < -0.3 is 10.5 Å². The van der Waals surface area contributed by atoms with E-state index in [1.165, 1.54) is 0 Å². The number of methoxy groups -OCH3 is 1. The number of tetrazole rings is 1. The molecule has 0 aliphatic rings. The lowest BCUT2D eigenvalue weighted by Crippen LogP contribution is -2.01. The molecule has 0 spiro atoms. The highest BCUT2D eigenvalue weighted by molar-refractivity contribution is 5.69. The quantitative estimate of drug-likeness (QED) is 0.745. The molecule has 3 rings (SSSR count). The number of nitrogens with two attached hydrogens (primary N) is 1. The molecule has 2 N–H and O–H groups in total. The fraction of sp³-hybridized carbons (Fsp3) is 0.133. The van der Waals surface area contributed by atoms with Crippen molar-refractivity contribution in [1.29, 1.82) is 0 Å². The molecule has 0 atom stereocenters. The minimum absolute atomic E-state index is 0.609. The van der Waals surface area contributed by atoms with Crippen molar-refractivity contribution in [3.8, 4) is 22.8 Å². The van der Waals surface area contributed by atoms with Crippen LogP contribution in [0.1, 0.15) is 5.56 Å². The molecule has 0 aliphatic heterocycles. The molecular weight excluding hydrogens is 266 g/mol. The zero-order chi connectivity index (χ0) is 14.8. The van der Waals surface area contributed by atoms with Gasteiger partial charge in [0.1, 0.15) is 5.75 Å². The van der Waals surface area contributed by atoms with Gasteiger partial charge in [-0.2, -0.15) is 4.68 Å². The van der Waals surface area contributed by atoms with Crippen LogP contribution in [0.3, 0.4) is 0 Å². The van der Waals surface area contributed by atoms with Gasteiger partial charge in [-0.05, 0) is 47.2 Å². The molecule has 0 amide bonds. The topological polar surface area (TPSA) is 78.8 Å². The van der Waals surface area contributed by atoms with Gasteiger partial charge in [0.15, 0.2) is 5.82 Å². The predicted molar refractivity (Wildman–Crippen MR) is 80.3 cm³/mol. The number of nitrogen functional groups attached to an aromatic ring is 1. The number of rotatable bonds is 3. The molecule has 0 unspecified atom stereocenters. The molecule has 6 nitrogen and oxygen atoms in total. The molecule has 6 heteroatoms. The summed E-state index contributed by atoms with van der Waals surface area (Å²) in [6, 6.07) is 13.4. The summed E-state index contributed by atoms with van der Waals surface area (Å²) in [4.78, 5) is 0. The summed E-state index contributed by atoms with van der Waals surface area (Å²) in [5.74, 6) is 1.25. The Morgan fingerprint density at radius 3 is 2.76 bits per heavy atom. The van der Waals surface area contributed by atoms with Crippen LogP contribution in [0.15, 0.2) is 42.5 Å². The van der Waals surface area contributed by atoms with Crippen molar-refractivity contribution in [2.45, 2.75) is 6.92 Å². The van der Waals surface area contributed by atoms with Crippen LogP contribution in [0.4, 0.5) is 5.69 Å². The van der Waals surface area contributed by atoms with Crippen LogP contribution in [0, 0.1) is 6.92 Å². The van der Waals surface area contributed by atoms with Crippen molar-refractivity contribution in [2.24, 2.45) is 0 Å². The normalized spacial score (nSPS) is 10.6. The fourth-order valence-corrected chi connectivity index (χ4v) is 2.18. The van der Waals surface area contributed by atoms with Crippen LogP contribution in [-0.4, -0.2) is 27.3 Å². The Morgan fingerprint density at radius 2 is 2.00 bits per heavy atom. The SMILES string of the molecule is COc1cc(N)ccc1-c1nnnn1-c1cccc(C)c1. The molecule has 2 aromatic carbocycles. The summed E-state index contributed by atoms with van der Waals surface area (Å²) in [7, 11) is 1.60. The monoisotopic (exact) mass is 281 g/mol. The number of ether oxygens (including phenoxy) is 1. The molecule has 3 aromatic rings. The minimum Gasteiger partial charge on any atom is -0.496 e. The Bertz CT molecular complexity index is 781. The van der Waals surface area contributed by atoms with Crippen LogP contribution in [0.5, 0.6) is 5.75 Å². The van der Waals surface area contributed by atoms with E-state index < -0.39 is 0 Å². The first-order chi connectivity index (χ1) is 10.2. The summed E-state index contributed by atoms with van der Waals surface area (Å²) in [6.07, 6.45) is 0. The molecule has 106 valence electrons. The van der Waals surface area contributed by atoms with Gasteiger partial charge in [-0.3, -0.25) is 0 Å². The van der Waals surface area contributed by atoms with Crippen molar-refractivity contribution in [1.82, 2.24) is 20.2 Å². The molecule has 21 heavy (non-hydrogen) atoms. The first kappa shape index (κ1) is 13.1. The summed E-state index contributed by atoms with van der Waals surface area (Å²) >= 11 is 0.